The van der Waals surface area contributed by atoms with Crippen molar-refractivity contribution in [2.75, 3.05) is 0 Å². The van der Waals surface area contributed by atoms with Crippen LogP contribution in [0.25, 0.3) is 22.2 Å². The van der Waals surface area contributed by atoms with Gasteiger partial charge in [-0.15, -0.1) is 0 Å². The van der Waals surface area contributed by atoms with E-state index in [4.69, 9.17) is 21.4 Å². The maximum Gasteiger partial charge on any atom is 0.142 e. The van der Waals surface area contributed by atoms with Gasteiger partial charge in [0.25, 0.3) is 0 Å². The highest BCUT2D eigenvalue weighted by Crippen LogP contribution is 2.41. The van der Waals surface area contributed by atoms with Crippen LogP contribution in [0.5, 0.6) is 5.75 Å². The average Bonchev–Trinajstić information content (AvgIpc) is 3.44. The predicted molar refractivity (Wildman–Crippen MR) is 140 cm³/mol. The number of rotatable bonds is 6. The van der Waals surface area contributed by atoms with E-state index in [9.17, 15) is 9.50 Å². The first kappa shape index (κ1) is 24.8. The van der Waals surface area contributed by atoms with Crippen LogP contribution < -0.4 is 4.74 Å². The molecular weight excluding hydrogens is 479 g/mol. The number of aliphatic hydroxyl groups is 1. The van der Waals surface area contributed by atoms with Crippen molar-refractivity contribution in [1.82, 2.24) is 19.7 Å². The van der Waals surface area contributed by atoms with Gasteiger partial charge in [0, 0.05) is 46.1 Å². The molecule has 4 aromatic rings. The van der Waals surface area contributed by atoms with Gasteiger partial charge in [0.2, 0.25) is 0 Å². The highest BCUT2D eigenvalue weighted by atomic mass is 35.5. The molecule has 1 aliphatic carbocycles. The molecule has 0 radical (unpaired) electrons. The van der Waals surface area contributed by atoms with Gasteiger partial charge in [-0.25, -0.2) is 9.37 Å². The summed E-state index contributed by atoms with van der Waals surface area (Å²) < 4.78 is 22.6. The number of pyridine rings is 1. The quantitative estimate of drug-likeness (QED) is 0.294. The SMILES string of the molecule is Cc1c(-c2cnc3[nH]cc([C@H](C)c4c(OC(C)C)ccc(F)c4Cl)c3c2)cnn1C1CCC(O)CC1. The number of aromatic nitrogens is 4. The van der Waals surface area contributed by atoms with Gasteiger partial charge in [-0.3, -0.25) is 4.68 Å². The van der Waals surface area contributed by atoms with Crippen LogP contribution in [0, 0.1) is 12.7 Å². The Balaban J connectivity index is 1.53. The molecular formula is C28H32ClFN4O2. The van der Waals surface area contributed by atoms with Gasteiger partial charge < -0.3 is 14.8 Å². The van der Waals surface area contributed by atoms with Crippen LogP contribution in [-0.2, 0) is 0 Å². The second-order valence-electron chi connectivity index (χ2n) is 10.1. The van der Waals surface area contributed by atoms with E-state index in [1.165, 1.54) is 6.07 Å². The van der Waals surface area contributed by atoms with E-state index in [1.54, 1.807) is 6.07 Å². The third-order valence-corrected chi connectivity index (χ3v) is 7.67. The smallest absolute Gasteiger partial charge is 0.142 e. The van der Waals surface area contributed by atoms with E-state index in [2.05, 4.69) is 27.6 Å². The topological polar surface area (TPSA) is 76.0 Å². The van der Waals surface area contributed by atoms with Crippen LogP contribution in [0.1, 0.15) is 75.2 Å². The van der Waals surface area contributed by atoms with E-state index in [-0.39, 0.29) is 23.1 Å². The number of benzene rings is 1. The second kappa shape index (κ2) is 9.87. The minimum atomic E-state index is -0.466. The zero-order valence-electron chi connectivity index (χ0n) is 21.1. The molecule has 1 atom stereocenters. The number of aromatic amines is 1. The van der Waals surface area contributed by atoms with Gasteiger partial charge in [0.15, 0.2) is 0 Å². The fraction of sp³-hybridized carbons (Fsp3) is 0.429. The molecule has 0 unspecified atom stereocenters. The highest BCUT2D eigenvalue weighted by molar-refractivity contribution is 6.31. The van der Waals surface area contributed by atoms with Crippen LogP contribution in [0.4, 0.5) is 4.39 Å². The lowest BCUT2D eigenvalue weighted by Gasteiger charge is -2.26. The lowest BCUT2D eigenvalue weighted by molar-refractivity contribution is 0.107. The number of ether oxygens (including phenoxy) is 1. The van der Waals surface area contributed by atoms with Crippen LogP contribution in [-0.4, -0.2) is 37.1 Å². The standard InChI is InChI=1S/C28H32ClFN4O2/c1-15(2)36-25-10-9-24(30)27(29)26(25)16(3)22-13-32-28-21(22)11-18(12-31-28)23-14-33-34(17(23)4)19-5-7-20(35)8-6-19/h9-16,19-20,35H,5-8H2,1-4H3,(H,31,32)/t16-,19?,20?/m0/s1. The Hall–Kier alpha value is -2.90. The van der Waals surface area contributed by atoms with E-state index >= 15 is 0 Å². The summed E-state index contributed by atoms with van der Waals surface area (Å²) in [4.78, 5) is 7.93. The maximum absolute atomic E-state index is 14.5. The van der Waals surface area contributed by atoms with Gasteiger partial charge in [0.1, 0.15) is 17.2 Å². The molecule has 36 heavy (non-hydrogen) atoms. The van der Waals surface area contributed by atoms with Crippen molar-refractivity contribution in [3.05, 3.63) is 64.5 Å². The molecule has 3 heterocycles. The highest BCUT2D eigenvalue weighted by Gasteiger charge is 2.26. The van der Waals surface area contributed by atoms with Crippen LogP contribution in [0.3, 0.4) is 0 Å². The Labute approximate surface area is 215 Å². The van der Waals surface area contributed by atoms with Crippen molar-refractivity contribution in [2.45, 2.75) is 77.5 Å². The number of hydrogen-bond acceptors (Lipinski definition) is 4. The first-order valence-electron chi connectivity index (χ1n) is 12.6. The number of hydrogen-bond donors (Lipinski definition) is 2. The van der Waals surface area contributed by atoms with Crippen LogP contribution in [0.15, 0.2) is 36.8 Å². The predicted octanol–water partition coefficient (Wildman–Crippen LogP) is 6.94. The zero-order chi connectivity index (χ0) is 25.6. The largest absolute Gasteiger partial charge is 0.491 e. The first-order valence-corrected chi connectivity index (χ1v) is 13.0. The Morgan fingerprint density at radius 1 is 1.17 bits per heavy atom. The molecule has 0 bridgehead atoms. The number of aliphatic hydroxyl groups excluding tert-OH is 1. The molecule has 1 fully saturated rings. The van der Waals surface area contributed by atoms with Crippen molar-refractivity contribution in [2.24, 2.45) is 0 Å². The molecule has 0 saturated heterocycles. The van der Waals surface area contributed by atoms with Crippen molar-refractivity contribution in [3.63, 3.8) is 0 Å². The lowest BCUT2D eigenvalue weighted by atomic mass is 9.91. The molecule has 5 rings (SSSR count). The molecule has 0 amide bonds. The Morgan fingerprint density at radius 2 is 1.92 bits per heavy atom. The number of fused-ring (bicyclic) bond motifs is 1. The summed E-state index contributed by atoms with van der Waals surface area (Å²) >= 11 is 6.47. The normalized spacial score (nSPS) is 19.2. The fourth-order valence-electron chi connectivity index (χ4n) is 5.37. The van der Waals surface area contributed by atoms with Crippen molar-refractivity contribution >= 4 is 22.6 Å². The molecule has 0 spiro atoms. The summed E-state index contributed by atoms with van der Waals surface area (Å²) in [7, 11) is 0. The molecule has 0 aliphatic heterocycles. The van der Waals surface area contributed by atoms with Crippen molar-refractivity contribution < 1.29 is 14.2 Å². The minimum absolute atomic E-state index is 0.0688. The third-order valence-electron chi connectivity index (χ3n) is 7.29. The number of halogens is 2. The van der Waals surface area contributed by atoms with E-state index in [0.717, 1.165) is 59.1 Å². The first-order chi connectivity index (χ1) is 17.2. The van der Waals surface area contributed by atoms with Crippen LogP contribution >= 0.6 is 11.6 Å². The molecule has 2 N–H and O–H groups in total. The minimum Gasteiger partial charge on any atom is -0.491 e. The summed E-state index contributed by atoms with van der Waals surface area (Å²) in [6.07, 6.45) is 8.87. The molecule has 190 valence electrons. The van der Waals surface area contributed by atoms with E-state index in [1.807, 2.05) is 39.4 Å². The summed E-state index contributed by atoms with van der Waals surface area (Å²) in [5, 5.41) is 15.6. The van der Waals surface area contributed by atoms with Crippen LogP contribution in [0.2, 0.25) is 5.02 Å². The summed E-state index contributed by atoms with van der Waals surface area (Å²) in [5.74, 6) is -0.117. The number of nitrogens with zero attached hydrogens (tertiary/aromatic N) is 3. The monoisotopic (exact) mass is 510 g/mol. The Kier molecular flexibility index (Phi) is 6.79. The van der Waals surface area contributed by atoms with E-state index < -0.39 is 5.82 Å². The molecule has 8 heteroatoms. The molecule has 1 saturated carbocycles. The van der Waals surface area contributed by atoms with E-state index in [0.29, 0.717) is 17.4 Å². The maximum atomic E-state index is 14.5. The lowest BCUT2D eigenvalue weighted by Crippen LogP contribution is -2.22. The summed E-state index contributed by atoms with van der Waals surface area (Å²) in [6.45, 7) is 7.96. The fourth-order valence-corrected chi connectivity index (χ4v) is 5.69. The van der Waals surface area contributed by atoms with Gasteiger partial charge in [0.05, 0.1) is 29.5 Å². The summed E-state index contributed by atoms with van der Waals surface area (Å²) in [6, 6.07) is 5.41. The Bertz CT molecular complexity index is 1390. The second-order valence-corrected chi connectivity index (χ2v) is 10.5. The van der Waals surface area contributed by atoms with Crippen molar-refractivity contribution in [3.8, 4) is 16.9 Å². The number of nitrogens with one attached hydrogen (secondary N) is 1. The molecule has 3 aromatic heterocycles. The molecule has 6 nitrogen and oxygen atoms in total. The Morgan fingerprint density at radius 3 is 2.64 bits per heavy atom. The molecule has 1 aromatic carbocycles. The number of H-pyrrole nitrogens is 1. The van der Waals surface area contributed by atoms with Gasteiger partial charge in [-0.05, 0) is 70.2 Å². The van der Waals surface area contributed by atoms with Gasteiger partial charge in [-0.2, -0.15) is 5.10 Å². The summed E-state index contributed by atoms with van der Waals surface area (Å²) in [5.41, 5.74) is 5.43. The molecule has 1 aliphatic rings. The van der Waals surface area contributed by atoms with Gasteiger partial charge >= 0.3 is 0 Å². The zero-order valence-corrected chi connectivity index (χ0v) is 21.8. The average molecular weight is 511 g/mol. The van der Waals surface area contributed by atoms with Crippen molar-refractivity contribution in [1.29, 1.82) is 0 Å². The van der Waals surface area contributed by atoms with Gasteiger partial charge in [-0.1, -0.05) is 18.5 Å². The third kappa shape index (κ3) is 4.50.